The molecular weight excluding hydrogens is 552 g/mol. The van der Waals surface area contributed by atoms with E-state index in [1.165, 1.54) is 0 Å². The number of ether oxygens (including phenoxy) is 5. The Morgan fingerprint density at radius 1 is 0.725 bits per heavy atom. The molecule has 15 atom stereocenters. The molecule has 0 aromatic rings. The molecule has 3 aliphatic rings. The fourth-order valence-electron chi connectivity index (χ4n) is 4.95. The van der Waals surface area contributed by atoms with Crippen molar-refractivity contribution in [3.8, 4) is 0 Å². The molecule has 0 aliphatic carbocycles. The van der Waals surface area contributed by atoms with Crippen LogP contribution in [0.15, 0.2) is 0 Å². The zero-order valence-corrected chi connectivity index (χ0v) is 21.5. The van der Waals surface area contributed by atoms with E-state index < -0.39 is 123 Å². The summed E-state index contributed by atoms with van der Waals surface area (Å²) in [7, 11) is 0. The second-order valence-electron chi connectivity index (χ2n) is 10.5. The van der Waals surface area contributed by atoms with Crippen LogP contribution in [-0.2, 0) is 28.5 Å². The van der Waals surface area contributed by atoms with Gasteiger partial charge in [-0.05, 0) is 13.8 Å². The van der Waals surface area contributed by atoms with Crippen LogP contribution in [0.3, 0.4) is 0 Å². The molecule has 0 spiro atoms. The predicted octanol–water partition coefficient (Wildman–Crippen LogP) is -7.09. The van der Waals surface area contributed by atoms with Gasteiger partial charge in [0.2, 0.25) is 5.79 Å². The average Bonchev–Trinajstić information content (AvgIpc) is 2.92. The maximum absolute atomic E-state index is 12.2. The summed E-state index contributed by atoms with van der Waals surface area (Å²) in [5, 5.41) is 122. The first-order valence-electron chi connectivity index (χ1n) is 12.4. The van der Waals surface area contributed by atoms with E-state index in [2.05, 4.69) is 0 Å². The number of carbonyl (C=O) groups is 1. The van der Waals surface area contributed by atoms with Crippen molar-refractivity contribution in [1.82, 2.24) is 0 Å². The molecule has 0 aromatic heterocycles. The Kier molecular flexibility index (Phi) is 10.5. The van der Waals surface area contributed by atoms with Crippen molar-refractivity contribution in [3.05, 3.63) is 0 Å². The second-order valence-corrected chi connectivity index (χ2v) is 10.5. The highest BCUT2D eigenvalue weighted by atomic mass is 16.8. The van der Waals surface area contributed by atoms with Gasteiger partial charge >= 0.3 is 5.97 Å². The fourth-order valence-corrected chi connectivity index (χ4v) is 4.95. The molecule has 18 nitrogen and oxygen atoms in total. The Balaban J connectivity index is 1.93. The second kappa shape index (κ2) is 12.6. The van der Waals surface area contributed by atoms with Gasteiger partial charge < -0.3 is 85.0 Å². The van der Waals surface area contributed by atoms with Gasteiger partial charge in [0.1, 0.15) is 78.7 Å². The summed E-state index contributed by atoms with van der Waals surface area (Å²) in [5.41, 5.74) is -2.28. The lowest BCUT2D eigenvalue weighted by molar-refractivity contribution is -0.430. The minimum atomic E-state index is -2.82. The van der Waals surface area contributed by atoms with E-state index in [1.807, 2.05) is 0 Å². The molecule has 2 unspecified atom stereocenters. The van der Waals surface area contributed by atoms with Crippen LogP contribution in [0.4, 0.5) is 0 Å². The molecule has 234 valence electrons. The van der Waals surface area contributed by atoms with Gasteiger partial charge in [-0.2, -0.15) is 0 Å². The molecule has 12 N–H and O–H groups in total. The number of carboxylic acid groups (broad SMARTS) is 1. The molecule has 3 fully saturated rings. The summed E-state index contributed by atoms with van der Waals surface area (Å²) >= 11 is 0. The number of aliphatic carboxylic acids is 1. The Morgan fingerprint density at radius 3 is 1.77 bits per heavy atom. The lowest BCUT2D eigenvalue weighted by atomic mass is 9.74. The van der Waals surface area contributed by atoms with Gasteiger partial charge in [-0.3, -0.25) is 4.79 Å². The molecule has 3 saturated heterocycles. The summed E-state index contributed by atoms with van der Waals surface area (Å²) in [6.07, 6.45) is -26.4. The minimum Gasteiger partial charge on any atom is -0.481 e. The topological polar surface area (TPSA) is 306 Å². The van der Waals surface area contributed by atoms with Crippen molar-refractivity contribution in [3.63, 3.8) is 0 Å². The van der Waals surface area contributed by atoms with Crippen molar-refractivity contribution in [2.24, 2.45) is 5.41 Å². The molecule has 0 bridgehead atoms. The van der Waals surface area contributed by atoms with E-state index in [0.29, 0.717) is 0 Å². The van der Waals surface area contributed by atoms with Crippen LogP contribution in [0.1, 0.15) is 13.8 Å². The highest BCUT2D eigenvalue weighted by molar-refractivity contribution is 5.75. The van der Waals surface area contributed by atoms with Crippen LogP contribution in [0.25, 0.3) is 0 Å². The van der Waals surface area contributed by atoms with Gasteiger partial charge in [-0.15, -0.1) is 0 Å². The number of aliphatic hydroxyl groups is 11. The van der Waals surface area contributed by atoms with Crippen molar-refractivity contribution in [2.45, 2.75) is 105 Å². The highest BCUT2D eigenvalue weighted by Crippen LogP contribution is 2.46. The van der Waals surface area contributed by atoms with E-state index in [-0.39, 0.29) is 0 Å². The first kappa shape index (κ1) is 33.3. The molecule has 0 aromatic carbocycles. The largest absolute Gasteiger partial charge is 0.481 e. The van der Waals surface area contributed by atoms with Crippen molar-refractivity contribution < 1.29 is 89.8 Å². The molecule has 0 radical (unpaired) electrons. The zero-order chi connectivity index (χ0) is 30.3. The maximum Gasteiger partial charge on any atom is 0.314 e. The monoisotopic (exact) mass is 590 g/mol. The van der Waals surface area contributed by atoms with Crippen LogP contribution in [0, 0.1) is 5.41 Å². The van der Waals surface area contributed by atoms with Crippen molar-refractivity contribution in [2.75, 3.05) is 19.8 Å². The number of hydrogen-bond acceptors (Lipinski definition) is 17. The summed E-state index contributed by atoms with van der Waals surface area (Å²) in [6.45, 7) is -0.743. The van der Waals surface area contributed by atoms with Crippen molar-refractivity contribution in [1.29, 1.82) is 0 Å². The molecular formula is C22H38O18. The van der Waals surface area contributed by atoms with E-state index in [9.17, 15) is 66.1 Å². The van der Waals surface area contributed by atoms with E-state index in [4.69, 9.17) is 23.7 Å². The van der Waals surface area contributed by atoms with E-state index >= 15 is 0 Å². The van der Waals surface area contributed by atoms with Gasteiger partial charge in [0.05, 0.1) is 19.8 Å². The average molecular weight is 591 g/mol. The third-order valence-electron chi connectivity index (χ3n) is 7.62. The molecule has 3 aliphatic heterocycles. The number of carboxylic acids is 1. The smallest absolute Gasteiger partial charge is 0.314 e. The fraction of sp³-hybridized carbons (Fsp3) is 0.955. The van der Waals surface area contributed by atoms with Crippen LogP contribution in [0.2, 0.25) is 0 Å². The molecule has 0 saturated carbocycles. The standard InChI is InChI=1S/C22H38O18/c1-21(2,20(34)35)22(17(32)12(29)9(26)6(3-23)39-22)40-16-8(5-25)37-19(14(31)11(16)28)38-15-7(4-24)36-18(33)13(30)10(15)27/h6-19,23-33H,3-5H2,1-2H3,(H,34,35)/t6-,7-,8-,9-,10-,11-,12+,13-,14-,15-,16-,17-,18+,19?,22?/m1/s1. The van der Waals surface area contributed by atoms with Gasteiger partial charge in [0, 0.05) is 0 Å². The number of aliphatic hydroxyl groups excluding tert-OH is 11. The third-order valence-corrected chi connectivity index (χ3v) is 7.62. The number of rotatable bonds is 9. The molecule has 40 heavy (non-hydrogen) atoms. The summed E-state index contributed by atoms with van der Waals surface area (Å²) in [4.78, 5) is 12.2. The lowest BCUT2D eigenvalue weighted by Gasteiger charge is -2.56. The Hall–Kier alpha value is -1.17. The SMILES string of the molecule is CC(C)(C(=O)O)C1(O[C@H]2[C@H](O)[C@@H](O)C(O[C@H]3[C@H](O)[C@@H](O)[C@@H](O)O[C@@H]3CO)O[C@@H]2CO)O[C@H](CO)[C@@H](O)[C@H](O)[C@H]1O. The van der Waals surface area contributed by atoms with Crippen LogP contribution in [-0.4, -0.2) is 179 Å². The van der Waals surface area contributed by atoms with Crippen LogP contribution < -0.4 is 0 Å². The first-order valence-corrected chi connectivity index (χ1v) is 12.4. The minimum absolute atomic E-state index is 0.825. The molecule has 3 heterocycles. The van der Waals surface area contributed by atoms with Crippen LogP contribution in [0.5, 0.6) is 0 Å². The van der Waals surface area contributed by atoms with Gasteiger partial charge in [-0.25, -0.2) is 0 Å². The third kappa shape index (κ3) is 5.61. The zero-order valence-electron chi connectivity index (χ0n) is 21.5. The van der Waals surface area contributed by atoms with Gasteiger partial charge in [-0.1, -0.05) is 0 Å². The Bertz CT molecular complexity index is 854. The van der Waals surface area contributed by atoms with E-state index in [0.717, 1.165) is 13.8 Å². The highest BCUT2D eigenvalue weighted by Gasteiger charge is 2.67. The maximum atomic E-state index is 12.2. The lowest BCUT2D eigenvalue weighted by Crippen LogP contribution is -2.75. The van der Waals surface area contributed by atoms with Gasteiger partial charge in [0.15, 0.2) is 12.6 Å². The number of hydrogen-bond donors (Lipinski definition) is 12. The molecule has 0 amide bonds. The Labute approximate surface area is 227 Å². The quantitative estimate of drug-likeness (QED) is 0.119. The van der Waals surface area contributed by atoms with Crippen molar-refractivity contribution >= 4 is 5.97 Å². The summed E-state index contributed by atoms with van der Waals surface area (Å²) in [5.74, 6) is -4.47. The van der Waals surface area contributed by atoms with E-state index in [1.54, 1.807) is 0 Å². The van der Waals surface area contributed by atoms with Gasteiger partial charge in [0.25, 0.3) is 0 Å². The Morgan fingerprint density at radius 2 is 1.25 bits per heavy atom. The molecule has 18 heteroatoms. The first-order chi connectivity index (χ1) is 18.6. The van der Waals surface area contributed by atoms with Crippen LogP contribution >= 0.6 is 0 Å². The normalized spacial score (nSPS) is 48.6. The predicted molar refractivity (Wildman–Crippen MR) is 122 cm³/mol. The molecule has 3 rings (SSSR count). The summed E-state index contributed by atoms with van der Waals surface area (Å²) in [6, 6.07) is 0. The summed E-state index contributed by atoms with van der Waals surface area (Å²) < 4.78 is 27.2.